The van der Waals surface area contributed by atoms with E-state index in [2.05, 4.69) is 51.2 Å². The van der Waals surface area contributed by atoms with Crippen molar-refractivity contribution in [3.8, 4) is 0 Å². The Morgan fingerprint density at radius 3 is 2.20 bits per heavy atom. The standard InChI is InChI=1S/C14H13N3.C4H4O4/c1-16(13-6-9-15-10-7-13)17-11-8-12-4-2-3-5-14(12)17;5-3(6)1-2-4(7)8/h2-11H,1H3;1-2H,(H,5,6)(H,7,8). The van der Waals surface area contributed by atoms with Gasteiger partial charge in [-0.25, -0.2) is 9.59 Å². The summed E-state index contributed by atoms with van der Waals surface area (Å²) >= 11 is 0. The van der Waals surface area contributed by atoms with Crippen molar-refractivity contribution in [2.24, 2.45) is 0 Å². The smallest absolute Gasteiger partial charge is 0.328 e. The van der Waals surface area contributed by atoms with Crippen molar-refractivity contribution in [2.75, 3.05) is 12.1 Å². The van der Waals surface area contributed by atoms with E-state index in [1.807, 2.05) is 19.2 Å². The van der Waals surface area contributed by atoms with Crippen molar-refractivity contribution in [3.05, 3.63) is 73.2 Å². The molecule has 0 atom stereocenters. The summed E-state index contributed by atoms with van der Waals surface area (Å²) in [5.41, 5.74) is 2.31. The van der Waals surface area contributed by atoms with Gasteiger partial charge < -0.3 is 10.2 Å². The highest BCUT2D eigenvalue weighted by atomic mass is 16.4. The minimum atomic E-state index is -1.26. The summed E-state index contributed by atoms with van der Waals surface area (Å²) in [4.78, 5) is 23.1. The zero-order valence-corrected chi connectivity index (χ0v) is 13.5. The third kappa shape index (κ3) is 4.93. The number of carboxylic acid groups (broad SMARTS) is 2. The molecule has 0 aliphatic rings. The van der Waals surface area contributed by atoms with E-state index in [-0.39, 0.29) is 0 Å². The molecule has 2 heterocycles. The molecule has 2 aromatic heterocycles. The second-order valence-corrected chi connectivity index (χ2v) is 4.96. The van der Waals surface area contributed by atoms with Crippen molar-refractivity contribution in [1.82, 2.24) is 9.66 Å². The zero-order chi connectivity index (χ0) is 18.2. The quantitative estimate of drug-likeness (QED) is 0.710. The van der Waals surface area contributed by atoms with Gasteiger partial charge >= 0.3 is 11.9 Å². The van der Waals surface area contributed by atoms with Crippen LogP contribution in [0.4, 0.5) is 5.69 Å². The fourth-order valence-corrected chi connectivity index (χ4v) is 2.16. The van der Waals surface area contributed by atoms with E-state index in [1.54, 1.807) is 12.4 Å². The Morgan fingerprint density at radius 1 is 1.00 bits per heavy atom. The Kier molecular flexibility index (Phi) is 5.89. The van der Waals surface area contributed by atoms with Gasteiger partial charge in [-0.1, -0.05) is 18.2 Å². The summed E-state index contributed by atoms with van der Waals surface area (Å²) in [7, 11) is 2.04. The molecule has 0 radical (unpaired) electrons. The first-order valence-corrected chi connectivity index (χ1v) is 7.33. The molecule has 0 bridgehead atoms. The van der Waals surface area contributed by atoms with Gasteiger partial charge in [0.2, 0.25) is 0 Å². The molecular formula is C18H17N3O4. The van der Waals surface area contributed by atoms with Crippen LogP contribution in [0, 0.1) is 0 Å². The Hall–Kier alpha value is -3.61. The topological polar surface area (TPSA) is 95.7 Å². The number of anilines is 1. The third-order valence-corrected chi connectivity index (χ3v) is 3.31. The van der Waals surface area contributed by atoms with Crippen LogP contribution in [0.1, 0.15) is 0 Å². The van der Waals surface area contributed by atoms with Crippen LogP contribution < -0.4 is 5.01 Å². The normalized spacial score (nSPS) is 10.3. The Morgan fingerprint density at radius 2 is 1.60 bits per heavy atom. The predicted octanol–water partition coefficient (Wildman–Crippen LogP) is 2.65. The number of aliphatic carboxylic acids is 2. The molecule has 7 nitrogen and oxygen atoms in total. The number of hydrogen-bond acceptors (Lipinski definition) is 4. The number of para-hydroxylation sites is 1. The number of carbonyl (C=O) groups is 2. The molecule has 0 spiro atoms. The Balaban J connectivity index is 0.000000242. The van der Waals surface area contributed by atoms with Crippen molar-refractivity contribution in [3.63, 3.8) is 0 Å². The SMILES string of the molecule is CN(c1ccncc1)n1ccc2ccccc21.O=C(O)C=CC(=O)O. The highest BCUT2D eigenvalue weighted by molar-refractivity contribution is 5.89. The molecule has 7 heteroatoms. The molecule has 0 aliphatic carbocycles. The van der Waals surface area contributed by atoms with Gasteiger partial charge in [0.1, 0.15) is 0 Å². The van der Waals surface area contributed by atoms with Crippen molar-refractivity contribution >= 4 is 28.5 Å². The molecule has 1 aromatic carbocycles. The molecule has 25 heavy (non-hydrogen) atoms. The van der Waals surface area contributed by atoms with Gasteiger partial charge in [0.05, 0.1) is 11.2 Å². The lowest BCUT2D eigenvalue weighted by atomic mass is 10.3. The molecule has 128 valence electrons. The van der Waals surface area contributed by atoms with Crippen LogP contribution in [0.2, 0.25) is 0 Å². The lowest BCUT2D eigenvalue weighted by molar-refractivity contribution is -0.134. The molecule has 0 saturated heterocycles. The van der Waals surface area contributed by atoms with Gasteiger partial charge in [-0.15, -0.1) is 0 Å². The number of rotatable bonds is 4. The first-order valence-electron chi connectivity index (χ1n) is 7.33. The van der Waals surface area contributed by atoms with Gasteiger partial charge in [0.15, 0.2) is 0 Å². The second kappa shape index (κ2) is 8.30. The van der Waals surface area contributed by atoms with Gasteiger partial charge in [0.25, 0.3) is 0 Å². The largest absolute Gasteiger partial charge is 0.478 e. The monoisotopic (exact) mass is 339 g/mol. The van der Waals surface area contributed by atoms with Crippen LogP contribution in [-0.2, 0) is 9.59 Å². The van der Waals surface area contributed by atoms with Gasteiger partial charge in [-0.3, -0.25) is 14.7 Å². The van der Waals surface area contributed by atoms with E-state index >= 15 is 0 Å². The Bertz CT molecular complexity index is 871. The van der Waals surface area contributed by atoms with E-state index in [4.69, 9.17) is 10.2 Å². The first kappa shape index (κ1) is 17.7. The number of hydrogen-bond donors (Lipinski definition) is 2. The van der Waals surface area contributed by atoms with E-state index in [0.717, 1.165) is 5.69 Å². The minimum Gasteiger partial charge on any atom is -0.478 e. The van der Waals surface area contributed by atoms with Gasteiger partial charge in [-0.2, -0.15) is 0 Å². The second-order valence-electron chi connectivity index (χ2n) is 4.96. The van der Waals surface area contributed by atoms with Gasteiger partial charge in [0, 0.05) is 43.2 Å². The molecule has 3 rings (SSSR count). The first-order chi connectivity index (χ1) is 12.0. The van der Waals surface area contributed by atoms with E-state index < -0.39 is 11.9 Å². The molecule has 0 unspecified atom stereocenters. The minimum absolute atomic E-state index is 0.558. The van der Waals surface area contributed by atoms with Crippen LogP contribution in [0.15, 0.2) is 73.2 Å². The molecular weight excluding hydrogens is 322 g/mol. The molecule has 3 aromatic rings. The summed E-state index contributed by atoms with van der Waals surface area (Å²) in [6.07, 6.45) is 6.80. The molecule has 0 saturated carbocycles. The van der Waals surface area contributed by atoms with Crippen LogP contribution in [0.25, 0.3) is 10.9 Å². The van der Waals surface area contributed by atoms with E-state index in [1.165, 1.54) is 10.9 Å². The van der Waals surface area contributed by atoms with Crippen LogP contribution in [0.3, 0.4) is 0 Å². The van der Waals surface area contributed by atoms with Crippen LogP contribution in [0.5, 0.6) is 0 Å². The maximum absolute atomic E-state index is 9.55. The van der Waals surface area contributed by atoms with Crippen molar-refractivity contribution in [2.45, 2.75) is 0 Å². The van der Waals surface area contributed by atoms with Gasteiger partial charge in [-0.05, 0) is 24.3 Å². The lowest BCUT2D eigenvalue weighted by Gasteiger charge is -2.21. The molecule has 0 amide bonds. The summed E-state index contributed by atoms with van der Waals surface area (Å²) < 4.78 is 2.13. The maximum Gasteiger partial charge on any atom is 0.328 e. The van der Waals surface area contributed by atoms with Crippen molar-refractivity contribution < 1.29 is 19.8 Å². The average Bonchev–Trinajstić information content (AvgIpc) is 3.05. The highest BCUT2D eigenvalue weighted by Gasteiger charge is 2.05. The Labute approximate surface area is 144 Å². The maximum atomic E-state index is 9.55. The number of aromatic nitrogens is 2. The summed E-state index contributed by atoms with van der Waals surface area (Å²) in [6.45, 7) is 0. The zero-order valence-electron chi connectivity index (χ0n) is 13.5. The molecule has 0 fully saturated rings. The fraction of sp³-hybridized carbons (Fsp3) is 0.0556. The van der Waals surface area contributed by atoms with Crippen LogP contribution in [-0.4, -0.2) is 38.9 Å². The number of pyridine rings is 1. The summed E-state index contributed by atoms with van der Waals surface area (Å²) in [5, 5.41) is 19.0. The molecule has 0 aliphatic heterocycles. The fourth-order valence-electron chi connectivity index (χ4n) is 2.16. The predicted molar refractivity (Wildman–Crippen MR) is 94.4 cm³/mol. The average molecular weight is 339 g/mol. The summed E-state index contributed by atoms with van der Waals surface area (Å²) in [6, 6.07) is 14.5. The van der Waals surface area contributed by atoms with E-state index in [0.29, 0.717) is 12.2 Å². The van der Waals surface area contributed by atoms with Crippen LogP contribution >= 0.6 is 0 Å². The summed E-state index contributed by atoms with van der Waals surface area (Å²) in [5.74, 6) is -2.51. The number of benzene rings is 1. The highest BCUT2D eigenvalue weighted by Crippen LogP contribution is 2.19. The van der Waals surface area contributed by atoms with Crippen molar-refractivity contribution in [1.29, 1.82) is 0 Å². The number of fused-ring (bicyclic) bond motifs is 1. The molecule has 2 N–H and O–H groups in total. The third-order valence-electron chi connectivity index (χ3n) is 3.31. The number of carboxylic acids is 2. The number of nitrogens with zero attached hydrogens (tertiary/aromatic N) is 3. The van der Waals surface area contributed by atoms with E-state index in [9.17, 15) is 9.59 Å². The lowest BCUT2D eigenvalue weighted by Crippen LogP contribution is -2.23.